The Hall–Kier alpha value is -6.96. The van der Waals surface area contributed by atoms with Gasteiger partial charge in [0.1, 0.15) is 0 Å². The number of nitrogens with zero attached hydrogens (tertiary/aromatic N) is 1. The lowest BCUT2D eigenvalue weighted by atomic mass is 9.67. The predicted octanol–water partition coefficient (Wildman–Crippen LogP) is 14.3. The summed E-state index contributed by atoms with van der Waals surface area (Å²) >= 11 is 0. The molecule has 0 heterocycles. The van der Waals surface area contributed by atoms with Crippen LogP contribution >= 0.6 is 0 Å². The van der Waals surface area contributed by atoms with Crippen molar-refractivity contribution < 1.29 is 4.11 Å². The molecule has 0 saturated carbocycles. The minimum absolute atomic E-state index is 0.280. The summed E-state index contributed by atoms with van der Waals surface area (Å²) in [5.74, 6) is 0. The zero-order valence-electron chi connectivity index (χ0n) is 33.2. The van der Waals surface area contributed by atoms with Gasteiger partial charge < -0.3 is 4.90 Å². The maximum absolute atomic E-state index is 9.14. The molecule has 0 fully saturated rings. The Morgan fingerprint density at radius 3 is 1.65 bits per heavy atom. The highest BCUT2D eigenvalue weighted by Gasteiger charge is 2.48. The molecule has 0 radical (unpaired) electrons. The van der Waals surface area contributed by atoms with Gasteiger partial charge >= 0.3 is 0 Å². The minimum Gasteiger partial charge on any atom is -0.309 e. The van der Waals surface area contributed by atoms with E-state index in [1.165, 1.54) is 16.7 Å². The lowest BCUT2D eigenvalue weighted by molar-refractivity contribution is 0.769. The van der Waals surface area contributed by atoms with Crippen LogP contribution in [0.15, 0.2) is 218 Å². The lowest BCUT2D eigenvalue weighted by Crippen LogP contribution is -2.28. The Labute approximate surface area is 327 Å². The molecule has 1 aliphatic carbocycles. The fourth-order valence-electron chi connectivity index (χ4n) is 8.94. The van der Waals surface area contributed by atoms with Crippen molar-refractivity contribution in [2.75, 3.05) is 4.90 Å². The van der Waals surface area contributed by atoms with Crippen molar-refractivity contribution in [1.29, 1.82) is 0 Å². The molecule has 0 saturated heterocycles. The van der Waals surface area contributed by atoms with Gasteiger partial charge in [0.2, 0.25) is 0 Å². The number of aryl methyl sites for hydroxylation is 1. The SMILES string of the molecule is [2H]C([2H])([2H])c1cc(-c2ccccc2-c2ccccc2)ccc1N(c1ccccc1)c1c2c(cc3ccccc13)C(c1ccccc1)(c1ccccc1)c1ccccc1-2. The number of anilines is 3. The van der Waals surface area contributed by atoms with Crippen LogP contribution in [0.4, 0.5) is 17.1 Å². The Kier molecular flexibility index (Phi) is 7.22. The van der Waals surface area contributed by atoms with Crippen LogP contribution in [0.3, 0.4) is 0 Å². The van der Waals surface area contributed by atoms with Crippen LogP contribution < -0.4 is 4.90 Å². The second kappa shape index (κ2) is 13.5. The molecule has 0 aliphatic heterocycles. The number of rotatable bonds is 7. The maximum atomic E-state index is 9.14. The third-order valence-corrected chi connectivity index (χ3v) is 11.2. The van der Waals surface area contributed by atoms with Gasteiger partial charge in [0.15, 0.2) is 0 Å². The van der Waals surface area contributed by atoms with E-state index in [0.29, 0.717) is 5.69 Å². The van der Waals surface area contributed by atoms with Crippen LogP contribution in [-0.2, 0) is 5.41 Å². The van der Waals surface area contributed by atoms with E-state index in [1.807, 2.05) is 60.7 Å². The van der Waals surface area contributed by atoms with Gasteiger partial charge in [-0.2, -0.15) is 0 Å². The normalized spacial score (nSPS) is 13.6. The Bertz CT molecular complexity index is 2880. The van der Waals surface area contributed by atoms with E-state index < -0.39 is 12.3 Å². The molecule has 0 unspecified atom stereocenters. The summed E-state index contributed by atoms with van der Waals surface area (Å²) in [5, 5.41) is 2.11. The summed E-state index contributed by atoms with van der Waals surface area (Å²) in [4.78, 5) is 2.21. The van der Waals surface area contributed by atoms with Crippen LogP contribution in [0, 0.1) is 6.85 Å². The molecule has 0 bridgehead atoms. The molecule has 1 aliphatic rings. The van der Waals surface area contributed by atoms with Crippen molar-refractivity contribution in [2.45, 2.75) is 12.3 Å². The Balaban J connectivity index is 1.32. The molecule has 1 heteroatoms. The minimum atomic E-state index is -2.44. The van der Waals surface area contributed by atoms with E-state index in [4.69, 9.17) is 4.11 Å². The van der Waals surface area contributed by atoms with Crippen LogP contribution in [0.5, 0.6) is 0 Å². The summed E-state index contributed by atoms with van der Waals surface area (Å²) in [5.41, 5.74) is 12.9. The summed E-state index contributed by atoms with van der Waals surface area (Å²) in [6.45, 7) is -2.44. The zero-order chi connectivity index (χ0) is 39.3. The van der Waals surface area contributed by atoms with Crippen molar-refractivity contribution in [3.05, 3.63) is 246 Å². The molecule has 1 nitrogen and oxygen atoms in total. The first kappa shape index (κ1) is 29.5. The molecule has 0 aromatic heterocycles. The zero-order valence-corrected chi connectivity index (χ0v) is 30.2. The summed E-state index contributed by atoms with van der Waals surface area (Å²) in [7, 11) is 0. The number of hydrogen-bond donors (Lipinski definition) is 0. The largest absolute Gasteiger partial charge is 0.309 e. The van der Waals surface area contributed by atoms with E-state index >= 15 is 0 Å². The van der Waals surface area contributed by atoms with Crippen molar-refractivity contribution >= 4 is 27.8 Å². The molecular formula is C54H39N. The van der Waals surface area contributed by atoms with Gasteiger partial charge in [-0.1, -0.05) is 188 Å². The van der Waals surface area contributed by atoms with Gasteiger partial charge in [0.25, 0.3) is 0 Å². The summed E-state index contributed by atoms with van der Waals surface area (Å²) < 4.78 is 27.4. The van der Waals surface area contributed by atoms with Gasteiger partial charge in [-0.05, 0) is 98.2 Å². The number of fused-ring (bicyclic) bond motifs is 4. The standard InChI is InChI=1S/C54H39N/c1-38-36-41(46-30-17-16-29-45(46)39-20-6-2-7-21-39)34-35-51(38)55(44-27-12-5-13-28-44)53-47-31-15-14-22-40(47)37-50-52(53)48-32-18-19-33-49(48)54(50,42-23-8-3-9-24-42)43-25-10-4-11-26-43/h2-37H,1H3/i1D3. The average molecular weight is 705 g/mol. The Morgan fingerprint density at radius 1 is 0.436 bits per heavy atom. The van der Waals surface area contributed by atoms with Crippen LogP contribution in [0.25, 0.3) is 44.2 Å². The number of hydrogen-bond acceptors (Lipinski definition) is 1. The van der Waals surface area contributed by atoms with Crippen LogP contribution in [0.1, 0.15) is 31.9 Å². The van der Waals surface area contributed by atoms with E-state index in [-0.39, 0.29) is 5.56 Å². The molecule has 10 rings (SSSR count). The monoisotopic (exact) mass is 704 g/mol. The third-order valence-electron chi connectivity index (χ3n) is 11.2. The molecule has 0 spiro atoms. The fourth-order valence-corrected chi connectivity index (χ4v) is 8.94. The van der Waals surface area contributed by atoms with Gasteiger partial charge in [-0.25, -0.2) is 0 Å². The highest BCUT2D eigenvalue weighted by molar-refractivity contribution is 6.11. The van der Waals surface area contributed by atoms with Gasteiger partial charge in [0, 0.05) is 26.4 Å². The maximum Gasteiger partial charge on any atom is 0.0714 e. The lowest BCUT2D eigenvalue weighted by Gasteiger charge is -2.35. The highest BCUT2D eigenvalue weighted by Crippen LogP contribution is 2.61. The van der Waals surface area contributed by atoms with Crippen molar-refractivity contribution in [1.82, 2.24) is 0 Å². The quantitative estimate of drug-likeness (QED) is 0.160. The van der Waals surface area contributed by atoms with Crippen molar-refractivity contribution in [3.8, 4) is 33.4 Å². The van der Waals surface area contributed by atoms with Gasteiger partial charge in [-0.15, -0.1) is 0 Å². The number of para-hydroxylation sites is 1. The molecule has 9 aromatic carbocycles. The van der Waals surface area contributed by atoms with E-state index in [2.05, 4.69) is 163 Å². The summed E-state index contributed by atoms with van der Waals surface area (Å²) in [6.07, 6.45) is 0. The van der Waals surface area contributed by atoms with E-state index in [1.54, 1.807) is 0 Å². The van der Waals surface area contributed by atoms with E-state index in [0.717, 1.165) is 61.1 Å². The third kappa shape index (κ3) is 5.23. The molecule has 0 amide bonds. The molecule has 0 N–H and O–H groups in total. The molecule has 260 valence electrons. The van der Waals surface area contributed by atoms with Crippen molar-refractivity contribution in [3.63, 3.8) is 0 Å². The summed E-state index contributed by atoms with van der Waals surface area (Å²) in [6, 6.07) is 76.0. The molecule has 9 aromatic rings. The van der Waals surface area contributed by atoms with E-state index in [9.17, 15) is 0 Å². The highest BCUT2D eigenvalue weighted by atomic mass is 15.1. The second-order valence-corrected chi connectivity index (χ2v) is 14.2. The Morgan fingerprint density at radius 2 is 0.982 bits per heavy atom. The molecular weight excluding hydrogens is 663 g/mol. The van der Waals surface area contributed by atoms with Crippen molar-refractivity contribution in [2.24, 2.45) is 0 Å². The molecule has 55 heavy (non-hydrogen) atoms. The first-order valence-electron chi connectivity index (χ1n) is 20.4. The molecule has 0 atom stereocenters. The fraction of sp³-hybridized carbons (Fsp3) is 0.0370. The first-order valence-corrected chi connectivity index (χ1v) is 18.9. The van der Waals surface area contributed by atoms with Crippen LogP contribution in [-0.4, -0.2) is 0 Å². The second-order valence-electron chi connectivity index (χ2n) is 14.2. The predicted molar refractivity (Wildman–Crippen MR) is 232 cm³/mol. The van der Waals surface area contributed by atoms with Gasteiger partial charge in [0.05, 0.1) is 11.1 Å². The topological polar surface area (TPSA) is 3.24 Å². The first-order chi connectivity index (χ1) is 28.4. The van der Waals surface area contributed by atoms with Crippen LogP contribution in [0.2, 0.25) is 0 Å². The number of benzene rings is 9. The smallest absolute Gasteiger partial charge is 0.0714 e. The average Bonchev–Trinajstić information content (AvgIpc) is 3.58. The van der Waals surface area contributed by atoms with Gasteiger partial charge in [-0.3, -0.25) is 0 Å².